The van der Waals surface area contributed by atoms with Crippen molar-refractivity contribution in [3.8, 4) is 0 Å². The molecule has 2 aromatic rings. The fraction of sp³-hybridized carbons (Fsp3) is 0.300. The first kappa shape index (κ1) is 19.9. The molecule has 2 amide bonds. The van der Waals surface area contributed by atoms with Crippen molar-refractivity contribution in [2.24, 2.45) is 11.8 Å². The van der Waals surface area contributed by atoms with Crippen molar-refractivity contribution in [2.45, 2.75) is 25.7 Å². The molecule has 1 fully saturated rings. The van der Waals surface area contributed by atoms with E-state index >= 15 is 0 Å². The van der Waals surface area contributed by atoms with Crippen molar-refractivity contribution >= 4 is 23.2 Å². The molecule has 0 spiro atoms. The van der Waals surface area contributed by atoms with Crippen LogP contribution in [0.25, 0.3) is 0 Å². The number of benzene rings is 2. The first-order valence-corrected chi connectivity index (χ1v) is 8.86. The lowest BCUT2D eigenvalue weighted by Gasteiger charge is -2.27. The molecule has 0 atom stereocenters. The summed E-state index contributed by atoms with van der Waals surface area (Å²) in [6, 6.07) is 6.40. The SMILES string of the molecule is O=C(Nc1ccc(F)c(F)c1)C1CCC(C(=O)Nc2c(F)cccc2F)CC1. The van der Waals surface area contributed by atoms with E-state index < -0.39 is 40.8 Å². The van der Waals surface area contributed by atoms with Gasteiger partial charge in [0.15, 0.2) is 11.6 Å². The minimum Gasteiger partial charge on any atom is -0.326 e. The zero-order valence-corrected chi connectivity index (χ0v) is 14.8. The summed E-state index contributed by atoms with van der Waals surface area (Å²) in [5, 5.41) is 4.81. The fourth-order valence-electron chi connectivity index (χ4n) is 3.28. The van der Waals surface area contributed by atoms with Crippen LogP contribution in [0, 0.1) is 35.1 Å². The van der Waals surface area contributed by atoms with E-state index in [1.54, 1.807) is 0 Å². The van der Waals surface area contributed by atoms with Gasteiger partial charge in [-0.1, -0.05) is 6.07 Å². The van der Waals surface area contributed by atoms with Crippen molar-refractivity contribution < 1.29 is 27.2 Å². The Kier molecular flexibility index (Phi) is 5.96. The van der Waals surface area contributed by atoms with Crippen molar-refractivity contribution in [2.75, 3.05) is 10.6 Å². The maximum absolute atomic E-state index is 13.6. The van der Waals surface area contributed by atoms with Crippen molar-refractivity contribution in [3.05, 3.63) is 59.7 Å². The van der Waals surface area contributed by atoms with Crippen LogP contribution in [0.5, 0.6) is 0 Å². The predicted octanol–water partition coefficient (Wildman–Crippen LogP) is 4.63. The first-order valence-electron chi connectivity index (χ1n) is 8.86. The molecule has 0 radical (unpaired) electrons. The second-order valence-electron chi connectivity index (χ2n) is 6.75. The van der Waals surface area contributed by atoms with E-state index in [9.17, 15) is 27.2 Å². The Hall–Kier alpha value is -2.90. The van der Waals surface area contributed by atoms with Gasteiger partial charge in [-0.3, -0.25) is 9.59 Å². The van der Waals surface area contributed by atoms with Crippen molar-refractivity contribution in [1.29, 1.82) is 0 Å². The molecule has 1 aliphatic carbocycles. The molecule has 0 bridgehead atoms. The van der Waals surface area contributed by atoms with Gasteiger partial charge in [0.05, 0.1) is 0 Å². The normalized spacial score (nSPS) is 19.1. The Morgan fingerprint density at radius 1 is 0.714 bits per heavy atom. The maximum Gasteiger partial charge on any atom is 0.227 e. The number of halogens is 4. The van der Waals surface area contributed by atoms with Gasteiger partial charge in [0, 0.05) is 23.6 Å². The van der Waals surface area contributed by atoms with Crippen LogP contribution in [-0.4, -0.2) is 11.8 Å². The van der Waals surface area contributed by atoms with Crippen LogP contribution < -0.4 is 10.6 Å². The van der Waals surface area contributed by atoms with E-state index in [2.05, 4.69) is 10.6 Å². The first-order chi connectivity index (χ1) is 13.3. The van der Waals surface area contributed by atoms with Crippen LogP contribution in [0.1, 0.15) is 25.7 Å². The highest BCUT2D eigenvalue weighted by Gasteiger charge is 2.30. The Bertz CT molecular complexity index is 876. The molecule has 8 heteroatoms. The van der Waals surface area contributed by atoms with Gasteiger partial charge >= 0.3 is 0 Å². The Balaban J connectivity index is 1.54. The smallest absolute Gasteiger partial charge is 0.227 e. The monoisotopic (exact) mass is 394 g/mol. The highest BCUT2D eigenvalue weighted by Crippen LogP contribution is 2.31. The summed E-state index contributed by atoms with van der Waals surface area (Å²) < 4.78 is 53.5. The molecule has 1 aliphatic rings. The third kappa shape index (κ3) is 4.49. The molecule has 0 aromatic heterocycles. The van der Waals surface area contributed by atoms with Crippen LogP contribution in [-0.2, 0) is 9.59 Å². The van der Waals surface area contributed by atoms with Gasteiger partial charge in [-0.15, -0.1) is 0 Å². The Labute approximate surface area is 158 Å². The quantitative estimate of drug-likeness (QED) is 0.743. The average Bonchev–Trinajstić information content (AvgIpc) is 2.67. The number of para-hydroxylation sites is 1. The maximum atomic E-state index is 13.6. The molecular formula is C20H18F4N2O2. The van der Waals surface area contributed by atoms with E-state index in [1.165, 1.54) is 12.1 Å². The summed E-state index contributed by atoms with van der Waals surface area (Å²) in [5.74, 6) is -5.46. The number of hydrogen-bond donors (Lipinski definition) is 2. The standard InChI is InChI=1S/C20H18F4N2O2/c21-14-9-8-13(10-17(14)24)25-19(27)11-4-6-12(7-5-11)20(28)26-18-15(22)2-1-3-16(18)23/h1-3,8-12H,4-7H2,(H,25,27)(H,26,28). The largest absolute Gasteiger partial charge is 0.326 e. The number of anilines is 2. The van der Waals surface area contributed by atoms with Gasteiger partial charge in [-0.05, 0) is 49.9 Å². The van der Waals surface area contributed by atoms with Gasteiger partial charge in [0.1, 0.15) is 17.3 Å². The van der Waals surface area contributed by atoms with Crippen molar-refractivity contribution in [1.82, 2.24) is 0 Å². The summed E-state index contributed by atoms with van der Waals surface area (Å²) in [4.78, 5) is 24.6. The topological polar surface area (TPSA) is 58.2 Å². The van der Waals surface area contributed by atoms with Gasteiger partial charge in [-0.25, -0.2) is 17.6 Å². The van der Waals surface area contributed by atoms with Crippen LogP contribution in [0.3, 0.4) is 0 Å². The third-order valence-corrected chi connectivity index (χ3v) is 4.87. The Morgan fingerprint density at radius 3 is 1.79 bits per heavy atom. The number of hydrogen-bond acceptors (Lipinski definition) is 2. The van der Waals surface area contributed by atoms with E-state index in [0.717, 1.165) is 24.3 Å². The number of carbonyl (C=O) groups is 2. The lowest BCUT2D eigenvalue weighted by Crippen LogP contribution is -2.32. The van der Waals surface area contributed by atoms with Gasteiger partial charge in [0.2, 0.25) is 11.8 Å². The van der Waals surface area contributed by atoms with E-state index in [4.69, 9.17) is 0 Å². The molecule has 2 aromatic carbocycles. The van der Waals surface area contributed by atoms with Crippen LogP contribution >= 0.6 is 0 Å². The van der Waals surface area contributed by atoms with Gasteiger partial charge < -0.3 is 10.6 Å². The number of carbonyl (C=O) groups excluding carboxylic acids is 2. The zero-order valence-electron chi connectivity index (χ0n) is 14.8. The second-order valence-corrected chi connectivity index (χ2v) is 6.75. The van der Waals surface area contributed by atoms with E-state index in [-0.39, 0.29) is 17.5 Å². The Morgan fingerprint density at radius 2 is 1.25 bits per heavy atom. The van der Waals surface area contributed by atoms with Gasteiger partial charge in [-0.2, -0.15) is 0 Å². The van der Waals surface area contributed by atoms with Crippen LogP contribution in [0.2, 0.25) is 0 Å². The minimum atomic E-state index is -1.06. The summed E-state index contributed by atoms with van der Waals surface area (Å²) in [7, 11) is 0. The molecule has 0 heterocycles. The molecule has 1 saturated carbocycles. The molecular weight excluding hydrogens is 376 g/mol. The van der Waals surface area contributed by atoms with E-state index in [1.807, 2.05) is 0 Å². The summed E-state index contributed by atoms with van der Waals surface area (Å²) in [6.45, 7) is 0. The minimum absolute atomic E-state index is 0.152. The molecule has 0 unspecified atom stereocenters. The number of amides is 2. The molecule has 2 N–H and O–H groups in total. The lowest BCUT2D eigenvalue weighted by molar-refractivity contribution is -0.125. The predicted molar refractivity (Wildman–Crippen MR) is 95.4 cm³/mol. The van der Waals surface area contributed by atoms with Crippen LogP contribution in [0.15, 0.2) is 36.4 Å². The number of nitrogens with one attached hydrogen (secondary N) is 2. The third-order valence-electron chi connectivity index (χ3n) is 4.87. The summed E-state index contributed by atoms with van der Waals surface area (Å²) in [6.07, 6.45) is 1.54. The highest BCUT2D eigenvalue weighted by atomic mass is 19.2. The molecule has 0 aliphatic heterocycles. The fourth-order valence-corrected chi connectivity index (χ4v) is 3.28. The molecule has 28 heavy (non-hydrogen) atoms. The lowest BCUT2D eigenvalue weighted by atomic mass is 9.81. The summed E-state index contributed by atoms with van der Waals surface area (Å²) in [5.41, 5.74) is -0.329. The van der Waals surface area contributed by atoms with Gasteiger partial charge in [0.25, 0.3) is 0 Å². The zero-order chi connectivity index (χ0) is 20.3. The average molecular weight is 394 g/mol. The second kappa shape index (κ2) is 8.41. The van der Waals surface area contributed by atoms with Crippen molar-refractivity contribution in [3.63, 3.8) is 0 Å². The number of rotatable bonds is 4. The summed E-state index contributed by atoms with van der Waals surface area (Å²) >= 11 is 0. The van der Waals surface area contributed by atoms with E-state index in [0.29, 0.717) is 25.7 Å². The van der Waals surface area contributed by atoms with Crippen LogP contribution in [0.4, 0.5) is 28.9 Å². The molecule has 4 nitrogen and oxygen atoms in total. The highest BCUT2D eigenvalue weighted by molar-refractivity contribution is 5.94. The molecule has 148 valence electrons. The molecule has 3 rings (SSSR count). The molecule has 0 saturated heterocycles.